The van der Waals surface area contributed by atoms with E-state index in [2.05, 4.69) is 11.4 Å². The number of nitrogens with two attached hydrogens (primary N) is 1. The minimum Gasteiger partial charge on any atom is -0.497 e. The van der Waals surface area contributed by atoms with Crippen molar-refractivity contribution in [2.45, 2.75) is 0 Å². The molecule has 0 spiro atoms. The summed E-state index contributed by atoms with van der Waals surface area (Å²) in [6, 6.07) is 14.6. The van der Waals surface area contributed by atoms with Gasteiger partial charge in [-0.2, -0.15) is 5.26 Å². The molecule has 1 heterocycles. The number of nitrogens with zero attached hydrogens (tertiary/aromatic N) is 2. The number of anilines is 4. The molecule has 0 aliphatic heterocycles. The molecule has 0 atom stereocenters. The molecular weight excluding hydrogens is 400 g/mol. The average molecular weight is 423 g/mol. The summed E-state index contributed by atoms with van der Waals surface area (Å²) in [7, 11) is 6.97. The van der Waals surface area contributed by atoms with Gasteiger partial charge in [-0.05, 0) is 36.4 Å². The number of nitrogens with one attached hydrogen (secondary N) is 1. The van der Waals surface area contributed by atoms with Crippen LogP contribution >= 0.6 is 11.3 Å². The molecular formula is C22H22N4O3S. The van der Waals surface area contributed by atoms with Crippen molar-refractivity contribution in [3.05, 3.63) is 58.5 Å². The summed E-state index contributed by atoms with van der Waals surface area (Å²) in [4.78, 5) is 15.3. The minimum absolute atomic E-state index is 0.166. The van der Waals surface area contributed by atoms with Crippen molar-refractivity contribution in [1.82, 2.24) is 0 Å². The third-order valence-electron chi connectivity index (χ3n) is 4.57. The summed E-state index contributed by atoms with van der Waals surface area (Å²) in [6.07, 6.45) is 0. The van der Waals surface area contributed by atoms with E-state index in [-0.39, 0.29) is 17.0 Å². The normalized spacial score (nSPS) is 10.2. The number of nitriles is 1. The summed E-state index contributed by atoms with van der Waals surface area (Å²) >= 11 is 1.14. The molecule has 7 nitrogen and oxygen atoms in total. The highest BCUT2D eigenvalue weighted by Gasteiger charge is 2.23. The van der Waals surface area contributed by atoms with Gasteiger partial charge in [-0.3, -0.25) is 4.79 Å². The molecule has 0 radical (unpaired) electrons. The second-order valence-corrected chi connectivity index (χ2v) is 7.64. The smallest absolute Gasteiger partial charge is 0.205 e. The van der Waals surface area contributed by atoms with Gasteiger partial charge in [0.15, 0.2) is 0 Å². The molecule has 0 bridgehead atoms. The van der Waals surface area contributed by atoms with Gasteiger partial charge < -0.3 is 25.4 Å². The van der Waals surface area contributed by atoms with Crippen LogP contribution in [0.3, 0.4) is 0 Å². The number of carbonyl (C=O) groups is 1. The van der Waals surface area contributed by atoms with Gasteiger partial charge in [0.25, 0.3) is 0 Å². The van der Waals surface area contributed by atoms with Crippen LogP contribution in [-0.4, -0.2) is 34.1 Å². The van der Waals surface area contributed by atoms with Crippen LogP contribution in [0, 0.1) is 11.3 Å². The van der Waals surface area contributed by atoms with Crippen LogP contribution in [0.15, 0.2) is 42.5 Å². The van der Waals surface area contributed by atoms with Gasteiger partial charge in [0, 0.05) is 31.4 Å². The molecule has 3 aromatic rings. The maximum atomic E-state index is 13.0. The van der Waals surface area contributed by atoms with Crippen LogP contribution in [0.1, 0.15) is 20.8 Å². The molecule has 0 aliphatic carbocycles. The summed E-state index contributed by atoms with van der Waals surface area (Å²) in [6.45, 7) is 0. The number of nitrogen functional groups attached to an aromatic ring is 1. The number of ketones is 1. The highest BCUT2D eigenvalue weighted by atomic mass is 32.1. The molecule has 0 amide bonds. The Bertz CT molecular complexity index is 1110. The van der Waals surface area contributed by atoms with E-state index in [0.29, 0.717) is 32.6 Å². The van der Waals surface area contributed by atoms with E-state index in [1.165, 1.54) is 0 Å². The van der Waals surface area contributed by atoms with Crippen molar-refractivity contribution in [2.24, 2.45) is 0 Å². The van der Waals surface area contributed by atoms with Crippen molar-refractivity contribution in [3.63, 3.8) is 0 Å². The number of thiophene rings is 1. The summed E-state index contributed by atoms with van der Waals surface area (Å²) in [5.74, 6) is 0.951. The van der Waals surface area contributed by atoms with Gasteiger partial charge >= 0.3 is 0 Å². The van der Waals surface area contributed by atoms with E-state index in [1.807, 2.05) is 31.1 Å². The number of benzene rings is 2. The second kappa shape index (κ2) is 8.76. The lowest BCUT2D eigenvalue weighted by molar-refractivity contribution is 0.104. The number of rotatable bonds is 7. The SMILES string of the molecule is COc1ccc(Nc2sc(C(=O)c3ccc(N(C)C)cc3)c(N)c2C#N)c(OC)c1. The lowest BCUT2D eigenvalue weighted by Crippen LogP contribution is -2.09. The number of carbonyl (C=O) groups excluding carboxylic acids is 1. The van der Waals surface area contributed by atoms with Crippen LogP contribution < -0.4 is 25.4 Å². The molecule has 0 saturated carbocycles. The van der Waals surface area contributed by atoms with Gasteiger partial charge in [-0.15, -0.1) is 11.3 Å². The largest absolute Gasteiger partial charge is 0.497 e. The molecule has 1 aromatic heterocycles. The van der Waals surface area contributed by atoms with Crippen molar-refractivity contribution in [3.8, 4) is 17.6 Å². The summed E-state index contributed by atoms with van der Waals surface area (Å²) in [5.41, 5.74) is 8.68. The Hall–Kier alpha value is -3.70. The second-order valence-electron chi connectivity index (χ2n) is 6.62. The van der Waals surface area contributed by atoms with Crippen LogP contribution in [-0.2, 0) is 0 Å². The zero-order chi connectivity index (χ0) is 21.8. The number of methoxy groups -OCH3 is 2. The van der Waals surface area contributed by atoms with Crippen molar-refractivity contribution in [2.75, 3.05) is 44.3 Å². The highest BCUT2D eigenvalue weighted by molar-refractivity contribution is 7.19. The number of ether oxygens (including phenoxy) is 2. The van der Waals surface area contributed by atoms with Gasteiger partial charge in [-0.25, -0.2) is 0 Å². The molecule has 0 unspecified atom stereocenters. The topological polar surface area (TPSA) is 101 Å². The standard InChI is InChI=1S/C22H22N4O3S/c1-26(2)14-7-5-13(6-8-14)20(27)21-19(24)16(12-23)22(30-21)25-17-10-9-15(28-3)11-18(17)29-4/h5-11,25H,24H2,1-4H3. The Morgan fingerprint density at radius 3 is 2.40 bits per heavy atom. The third-order valence-corrected chi connectivity index (χ3v) is 5.69. The van der Waals surface area contributed by atoms with Gasteiger partial charge in [0.05, 0.1) is 25.6 Å². The first-order valence-corrected chi connectivity index (χ1v) is 9.84. The summed E-state index contributed by atoms with van der Waals surface area (Å²) < 4.78 is 10.6. The Balaban J connectivity index is 1.96. The first-order chi connectivity index (χ1) is 14.4. The molecule has 154 valence electrons. The zero-order valence-electron chi connectivity index (χ0n) is 17.1. The van der Waals surface area contributed by atoms with Gasteiger partial charge in [0.1, 0.15) is 33.0 Å². The lowest BCUT2D eigenvalue weighted by Gasteiger charge is -2.12. The van der Waals surface area contributed by atoms with E-state index in [4.69, 9.17) is 15.2 Å². The Labute approximate surface area is 179 Å². The van der Waals surface area contributed by atoms with E-state index >= 15 is 0 Å². The van der Waals surface area contributed by atoms with E-state index in [0.717, 1.165) is 17.0 Å². The maximum Gasteiger partial charge on any atom is 0.205 e. The zero-order valence-corrected chi connectivity index (χ0v) is 18.0. The Morgan fingerprint density at radius 1 is 1.13 bits per heavy atom. The first kappa shape index (κ1) is 21.0. The van der Waals surface area contributed by atoms with Crippen LogP contribution in [0.4, 0.5) is 22.1 Å². The number of hydrogen-bond donors (Lipinski definition) is 2. The Morgan fingerprint density at radius 2 is 1.83 bits per heavy atom. The van der Waals surface area contributed by atoms with E-state index in [1.54, 1.807) is 44.6 Å². The van der Waals surface area contributed by atoms with Crippen molar-refractivity contribution < 1.29 is 14.3 Å². The van der Waals surface area contributed by atoms with Crippen molar-refractivity contribution >= 4 is 39.2 Å². The molecule has 2 aromatic carbocycles. The fraction of sp³-hybridized carbons (Fsp3) is 0.182. The monoisotopic (exact) mass is 422 g/mol. The fourth-order valence-electron chi connectivity index (χ4n) is 2.88. The van der Waals surface area contributed by atoms with Crippen LogP contribution in [0.25, 0.3) is 0 Å². The Kier molecular flexibility index (Phi) is 6.14. The maximum absolute atomic E-state index is 13.0. The van der Waals surface area contributed by atoms with E-state index < -0.39 is 0 Å². The number of hydrogen-bond acceptors (Lipinski definition) is 8. The molecule has 3 N–H and O–H groups in total. The lowest BCUT2D eigenvalue weighted by atomic mass is 10.1. The quantitative estimate of drug-likeness (QED) is 0.549. The molecule has 30 heavy (non-hydrogen) atoms. The molecule has 0 aliphatic rings. The fourth-order valence-corrected chi connectivity index (χ4v) is 3.92. The molecule has 0 fully saturated rings. The highest BCUT2D eigenvalue weighted by Crippen LogP contribution is 2.40. The third kappa shape index (κ3) is 4.02. The molecule has 0 saturated heterocycles. The van der Waals surface area contributed by atoms with Crippen molar-refractivity contribution in [1.29, 1.82) is 5.26 Å². The minimum atomic E-state index is -0.228. The average Bonchev–Trinajstić information content (AvgIpc) is 3.08. The van der Waals surface area contributed by atoms with Crippen LogP contribution in [0.5, 0.6) is 11.5 Å². The van der Waals surface area contributed by atoms with Crippen LogP contribution in [0.2, 0.25) is 0 Å². The predicted molar refractivity (Wildman–Crippen MR) is 120 cm³/mol. The molecule has 3 rings (SSSR count). The molecule has 8 heteroatoms. The predicted octanol–water partition coefficient (Wildman–Crippen LogP) is 4.26. The first-order valence-electron chi connectivity index (χ1n) is 9.03. The summed E-state index contributed by atoms with van der Waals surface area (Å²) in [5, 5.41) is 13.3. The van der Waals surface area contributed by atoms with E-state index in [9.17, 15) is 10.1 Å². The van der Waals surface area contributed by atoms with Gasteiger partial charge in [0.2, 0.25) is 5.78 Å². The van der Waals surface area contributed by atoms with Gasteiger partial charge in [-0.1, -0.05) is 0 Å².